The second-order valence-corrected chi connectivity index (χ2v) is 4.83. The van der Waals surface area contributed by atoms with Crippen molar-refractivity contribution in [2.24, 2.45) is 5.11 Å². The van der Waals surface area contributed by atoms with Gasteiger partial charge in [-0.05, 0) is 34.9 Å². The van der Waals surface area contributed by atoms with E-state index in [9.17, 15) is 0 Å². The van der Waals surface area contributed by atoms with Gasteiger partial charge in [-0.3, -0.25) is 0 Å². The van der Waals surface area contributed by atoms with Crippen molar-refractivity contribution in [3.8, 4) is 0 Å². The molecule has 0 unspecified atom stereocenters. The second kappa shape index (κ2) is 7.08. The van der Waals surface area contributed by atoms with Gasteiger partial charge in [0.25, 0.3) is 0 Å². The Morgan fingerprint density at radius 1 is 0.958 bits per heavy atom. The van der Waals surface area contributed by atoms with Crippen LogP contribution in [0.3, 0.4) is 0 Å². The Labute approximate surface area is 138 Å². The average Bonchev–Trinajstić information content (AvgIpc) is 2.63. The maximum Gasteiger partial charge on any atom is 0.234 e. The standard InChI is InChI=1S/C16H14N8/c1-24(13-10-6-3-7-11-13)16-20-14(19-15(21-16)22-23-17)18-12-8-4-2-5-9-12/h2-11H,1H3,(H,18,19,20,21). The first kappa shape index (κ1) is 15.3. The molecular weight excluding hydrogens is 304 g/mol. The van der Waals surface area contributed by atoms with E-state index in [1.807, 2.05) is 67.7 Å². The molecule has 0 saturated carbocycles. The van der Waals surface area contributed by atoms with Gasteiger partial charge in [0.15, 0.2) is 0 Å². The maximum absolute atomic E-state index is 8.67. The van der Waals surface area contributed by atoms with Crippen molar-refractivity contribution in [2.45, 2.75) is 0 Å². The monoisotopic (exact) mass is 318 g/mol. The summed E-state index contributed by atoms with van der Waals surface area (Å²) < 4.78 is 0. The minimum atomic E-state index is 0.00344. The Kier molecular flexibility index (Phi) is 4.50. The third-order valence-electron chi connectivity index (χ3n) is 3.22. The van der Waals surface area contributed by atoms with E-state index in [0.717, 1.165) is 11.4 Å². The van der Waals surface area contributed by atoms with Gasteiger partial charge in [-0.25, -0.2) is 0 Å². The normalized spacial score (nSPS) is 9.88. The van der Waals surface area contributed by atoms with Crippen LogP contribution in [0.2, 0.25) is 0 Å². The topological polar surface area (TPSA) is 103 Å². The van der Waals surface area contributed by atoms with E-state index in [1.165, 1.54) is 0 Å². The number of nitrogens with zero attached hydrogens (tertiary/aromatic N) is 7. The highest BCUT2D eigenvalue weighted by molar-refractivity contribution is 5.60. The highest BCUT2D eigenvalue weighted by atomic mass is 15.3. The Balaban J connectivity index is 1.98. The number of azide groups is 1. The summed E-state index contributed by atoms with van der Waals surface area (Å²) in [7, 11) is 1.83. The lowest BCUT2D eigenvalue weighted by Crippen LogP contribution is -2.14. The Hall–Kier alpha value is -3.64. The summed E-state index contributed by atoms with van der Waals surface area (Å²) in [6, 6.07) is 19.1. The molecule has 0 fully saturated rings. The largest absolute Gasteiger partial charge is 0.324 e. The third kappa shape index (κ3) is 3.57. The maximum atomic E-state index is 8.67. The van der Waals surface area contributed by atoms with Crippen LogP contribution in [0.5, 0.6) is 0 Å². The molecule has 0 spiro atoms. The highest BCUT2D eigenvalue weighted by Gasteiger charge is 2.11. The van der Waals surface area contributed by atoms with Gasteiger partial charge in [-0.1, -0.05) is 36.4 Å². The van der Waals surface area contributed by atoms with Crippen LogP contribution >= 0.6 is 0 Å². The Morgan fingerprint density at radius 2 is 1.62 bits per heavy atom. The lowest BCUT2D eigenvalue weighted by atomic mass is 10.3. The zero-order valence-corrected chi connectivity index (χ0v) is 12.9. The molecule has 0 amide bonds. The molecular formula is C16H14N8. The first-order valence-electron chi connectivity index (χ1n) is 7.18. The SMILES string of the molecule is CN(c1ccccc1)c1nc(N=[N+]=[N-])nc(Nc2ccccc2)n1. The number of anilines is 4. The molecule has 0 aliphatic heterocycles. The molecule has 0 bridgehead atoms. The van der Waals surface area contributed by atoms with E-state index in [4.69, 9.17) is 5.53 Å². The minimum absolute atomic E-state index is 0.00344. The first-order valence-corrected chi connectivity index (χ1v) is 7.18. The number of nitrogens with one attached hydrogen (secondary N) is 1. The van der Waals surface area contributed by atoms with Gasteiger partial charge in [-0.15, -0.1) is 0 Å². The number of rotatable bonds is 5. The fourth-order valence-electron chi connectivity index (χ4n) is 2.06. The van der Waals surface area contributed by atoms with E-state index in [1.54, 1.807) is 4.90 Å². The van der Waals surface area contributed by atoms with Crippen LogP contribution in [-0.4, -0.2) is 22.0 Å². The summed E-state index contributed by atoms with van der Waals surface area (Å²) in [5.74, 6) is 0.678. The van der Waals surface area contributed by atoms with Crippen molar-refractivity contribution in [3.63, 3.8) is 0 Å². The van der Waals surface area contributed by atoms with Crippen LogP contribution in [0.15, 0.2) is 65.8 Å². The third-order valence-corrected chi connectivity index (χ3v) is 3.22. The van der Waals surface area contributed by atoms with Gasteiger partial charge in [0.05, 0.1) is 0 Å². The number of para-hydroxylation sites is 2. The molecule has 2 aromatic carbocycles. The summed E-state index contributed by atoms with van der Waals surface area (Å²) in [6.45, 7) is 0. The van der Waals surface area contributed by atoms with Gasteiger partial charge < -0.3 is 10.2 Å². The molecule has 3 rings (SSSR count). The molecule has 1 heterocycles. The second-order valence-electron chi connectivity index (χ2n) is 4.83. The number of hydrogen-bond acceptors (Lipinski definition) is 6. The predicted octanol–water partition coefficient (Wildman–Crippen LogP) is 4.32. The van der Waals surface area contributed by atoms with Crippen molar-refractivity contribution in [3.05, 3.63) is 71.1 Å². The summed E-state index contributed by atoms with van der Waals surface area (Å²) >= 11 is 0. The molecule has 8 heteroatoms. The minimum Gasteiger partial charge on any atom is -0.324 e. The molecule has 0 radical (unpaired) electrons. The van der Waals surface area contributed by atoms with E-state index < -0.39 is 0 Å². The van der Waals surface area contributed by atoms with E-state index in [2.05, 4.69) is 30.3 Å². The van der Waals surface area contributed by atoms with Crippen LogP contribution in [0, 0.1) is 0 Å². The summed E-state index contributed by atoms with van der Waals surface area (Å²) in [6.07, 6.45) is 0. The van der Waals surface area contributed by atoms with Gasteiger partial charge in [-0.2, -0.15) is 15.0 Å². The molecule has 8 nitrogen and oxygen atoms in total. The van der Waals surface area contributed by atoms with E-state index in [-0.39, 0.29) is 5.95 Å². The molecule has 0 atom stereocenters. The van der Waals surface area contributed by atoms with Gasteiger partial charge >= 0.3 is 0 Å². The van der Waals surface area contributed by atoms with Crippen LogP contribution in [0.4, 0.5) is 29.2 Å². The van der Waals surface area contributed by atoms with Crippen molar-refractivity contribution in [1.29, 1.82) is 0 Å². The zero-order valence-electron chi connectivity index (χ0n) is 12.9. The summed E-state index contributed by atoms with van der Waals surface area (Å²) in [5, 5.41) is 6.57. The zero-order chi connectivity index (χ0) is 16.8. The fourth-order valence-corrected chi connectivity index (χ4v) is 2.06. The van der Waals surface area contributed by atoms with Crippen molar-refractivity contribution in [2.75, 3.05) is 17.3 Å². The van der Waals surface area contributed by atoms with Crippen LogP contribution in [0.1, 0.15) is 0 Å². The van der Waals surface area contributed by atoms with E-state index in [0.29, 0.717) is 11.9 Å². The smallest absolute Gasteiger partial charge is 0.234 e. The lowest BCUT2D eigenvalue weighted by molar-refractivity contribution is 0.983. The molecule has 24 heavy (non-hydrogen) atoms. The van der Waals surface area contributed by atoms with E-state index >= 15 is 0 Å². The van der Waals surface area contributed by atoms with Crippen LogP contribution in [-0.2, 0) is 0 Å². The quantitative estimate of drug-likeness (QED) is 0.428. The molecule has 1 N–H and O–H groups in total. The first-order chi connectivity index (χ1) is 11.8. The number of aromatic nitrogens is 3. The van der Waals surface area contributed by atoms with Crippen molar-refractivity contribution in [1.82, 2.24) is 15.0 Å². The fraction of sp³-hybridized carbons (Fsp3) is 0.0625. The average molecular weight is 318 g/mol. The molecule has 118 valence electrons. The molecule has 0 aliphatic carbocycles. The Morgan fingerprint density at radius 3 is 2.29 bits per heavy atom. The number of benzene rings is 2. The molecule has 0 aliphatic rings. The predicted molar refractivity (Wildman–Crippen MR) is 92.9 cm³/mol. The molecule has 0 saturated heterocycles. The van der Waals surface area contributed by atoms with Crippen LogP contribution < -0.4 is 10.2 Å². The lowest BCUT2D eigenvalue weighted by Gasteiger charge is -2.18. The summed E-state index contributed by atoms with van der Waals surface area (Å²) in [4.78, 5) is 17.2. The van der Waals surface area contributed by atoms with Crippen molar-refractivity contribution < 1.29 is 0 Å². The van der Waals surface area contributed by atoms with Gasteiger partial charge in [0.1, 0.15) is 0 Å². The molecule has 3 aromatic rings. The van der Waals surface area contributed by atoms with Gasteiger partial charge in [0.2, 0.25) is 17.8 Å². The Bertz CT molecular complexity index is 860. The highest BCUT2D eigenvalue weighted by Crippen LogP contribution is 2.23. The summed E-state index contributed by atoms with van der Waals surface area (Å²) in [5.41, 5.74) is 10.4. The number of hydrogen-bond donors (Lipinski definition) is 1. The van der Waals surface area contributed by atoms with Gasteiger partial charge in [0, 0.05) is 23.3 Å². The van der Waals surface area contributed by atoms with Crippen LogP contribution in [0.25, 0.3) is 10.4 Å². The molecule has 1 aromatic heterocycles. The van der Waals surface area contributed by atoms with Crippen molar-refractivity contribution >= 4 is 29.2 Å².